The van der Waals surface area contributed by atoms with Crippen LogP contribution in [0.4, 0.5) is 36.8 Å². The van der Waals surface area contributed by atoms with E-state index in [9.17, 15) is 41.0 Å². The van der Waals surface area contributed by atoms with Gasteiger partial charge in [-0.15, -0.1) is 23.4 Å². The van der Waals surface area contributed by atoms with Gasteiger partial charge in [0.25, 0.3) is 11.8 Å². The summed E-state index contributed by atoms with van der Waals surface area (Å²) in [6.07, 6.45) is -8.96. The number of anilines is 1. The van der Waals surface area contributed by atoms with Gasteiger partial charge in [-0.3, -0.25) is 10.1 Å². The molecule has 240 valence electrons. The minimum absolute atomic E-state index is 0.192. The van der Waals surface area contributed by atoms with Crippen LogP contribution in [0.1, 0.15) is 66.0 Å². The number of carbonyl (C=O) groups is 2. The second-order valence-corrected chi connectivity index (χ2v) is 10.5. The monoisotopic (exact) mass is 638 g/mol. The van der Waals surface area contributed by atoms with Crippen molar-refractivity contribution in [3.8, 4) is 11.6 Å². The quantitative estimate of drug-likeness (QED) is 0.109. The molecule has 0 saturated heterocycles. The van der Waals surface area contributed by atoms with Crippen LogP contribution in [0.15, 0.2) is 66.1 Å². The maximum atomic E-state index is 14.7. The van der Waals surface area contributed by atoms with Gasteiger partial charge in [0.05, 0.1) is 17.9 Å². The van der Waals surface area contributed by atoms with Gasteiger partial charge >= 0.3 is 18.4 Å². The second-order valence-electron chi connectivity index (χ2n) is 10.5. The van der Waals surface area contributed by atoms with Gasteiger partial charge < -0.3 is 14.3 Å². The zero-order valence-corrected chi connectivity index (χ0v) is 23.7. The summed E-state index contributed by atoms with van der Waals surface area (Å²) >= 11 is 0. The molecule has 1 amide bonds. The number of amides is 1. The Labute approximate surface area is 253 Å². The Bertz CT molecular complexity index is 1570. The number of allylic oxidation sites excluding steroid dienone is 1. The van der Waals surface area contributed by atoms with Gasteiger partial charge in [0.1, 0.15) is 5.69 Å². The lowest BCUT2D eigenvalue weighted by atomic mass is 9.62. The van der Waals surface area contributed by atoms with Crippen molar-refractivity contribution in [2.24, 2.45) is 5.41 Å². The summed E-state index contributed by atoms with van der Waals surface area (Å²) < 4.78 is 97.4. The number of rotatable bonds is 13. The molecule has 1 aromatic carbocycles. The Morgan fingerprint density at radius 1 is 1.07 bits per heavy atom. The Morgan fingerprint density at radius 2 is 1.76 bits per heavy atom. The lowest BCUT2D eigenvalue weighted by molar-refractivity contribution is -0.295. The van der Waals surface area contributed by atoms with Crippen molar-refractivity contribution >= 4 is 17.6 Å². The van der Waals surface area contributed by atoms with E-state index in [1.165, 1.54) is 18.2 Å². The van der Waals surface area contributed by atoms with E-state index >= 15 is 0 Å². The molecule has 2 heterocycles. The first kappa shape index (κ1) is 33.4. The number of Topliss-reactive ketones (excluding diaryl/α,β-unsaturated/α-hetero) is 1. The predicted molar refractivity (Wildman–Crippen MR) is 148 cm³/mol. The van der Waals surface area contributed by atoms with Crippen molar-refractivity contribution in [2.45, 2.75) is 63.1 Å². The van der Waals surface area contributed by atoms with E-state index in [0.29, 0.717) is 24.5 Å². The highest BCUT2D eigenvalue weighted by Crippen LogP contribution is 2.50. The van der Waals surface area contributed by atoms with Crippen LogP contribution in [0.25, 0.3) is 11.6 Å². The largest absolute Gasteiger partial charge is 0.465 e. The van der Waals surface area contributed by atoms with E-state index in [-0.39, 0.29) is 19.3 Å². The lowest BCUT2D eigenvalue weighted by Gasteiger charge is -2.40. The molecular weight excluding hydrogens is 610 g/mol. The summed E-state index contributed by atoms with van der Waals surface area (Å²) in [5.41, 5.74) is -8.26. The number of ketones is 1. The van der Waals surface area contributed by atoms with Crippen molar-refractivity contribution in [3.05, 3.63) is 84.4 Å². The van der Waals surface area contributed by atoms with Crippen LogP contribution in [-0.2, 0) is 23.1 Å². The molecule has 0 bridgehead atoms. The first-order valence-corrected chi connectivity index (χ1v) is 13.7. The molecular formula is C30H28F6N4O5. The van der Waals surface area contributed by atoms with Crippen LogP contribution in [0, 0.1) is 5.41 Å². The van der Waals surface area contributed by atoms with E-state index in [0.717, 1.165) is 6.08 Å². The van der Waals surface area contributed by atoms with Gasteiger partial charge in [0.2, 0.25) is 5.60 Å². The van der Waals surface area contributed by atoms with Crippen LogP contribution < -0.4 is 5.32 Å². The minimum Gasteiger partial charge on any atom is -0.465 e. The molecule has 0 aliphatic heterocycles. The van der Waals surface area contributed by atoms with E-state index in [1.54, 1.807) is 23.5 Å². The van der Waals surface area contributed by atoms with Gasteiger partial charge in [0, 0.05) is 11.8 Å². The van der Waals surface area contributed by atoms with E-state index < -0.39 is 82.7 Å². The number of halogens is 6. The Hall–Kier alpha value is -4.53. The zero-order valence-electron chi connectivity index (χ0n) is 23.7. The first-order valence-electron chi connectivity index (χ1n) is 13.7. The smallest absolute Gasteiger partial charge is 0.426 e. The molecule has 1 atom stereocenters. The molecule has 15 heteroatoms. The van der Waals surface area contributed by atoms with Gasteiger partial charge in [-0.1, -0.05) is 48.9 Å². The number of nitrogens with zero attached hydrogens (tertiary/aromatic N) is 3. The number of alkyl halides is 6. The Balaban J connectivity index is 1.88. The molecule has 0 unspecified atom stereocenters. The molecule has 2 aromatic heterocycles. The third-order valence-electron chi connectivity index (χ3n) is 7.59. The third-order valence-corrected chi connectivity index (χ3v) is 7.59. The molecule has 1 fully saturated rings. The fraction of sp³-hybridized carbons (Fsp3) is 0.367. The molecule has 45 heavy (non-hydrogen) atoms. The molecule has 9 nitrogen and oxygen atoms in total. The molecule has 0 radical (unpaired) electrons. The average molecular weight is 639 g/mol. The summed E-state index contributed by atoms with van der Waals surface area (Å²) in [5.74, 6) is -2.97. The summed E-state index contributed by atoms with van der Waals surface area (Å²) in [5, 5.41) is 18.1. The van der Waals surface area contributed by atoms with Gasteiger partial charge in [-0.05, 0) is 37.3 Å². The number of nitrogens with one attached hydrogen (secondary N) is 1. The van der Waals surface area contributed by atoms with Crippen LogP contribution in [0.3, 0.4) is 0 Å². The highest BCUT2D eigenvalue weighted by atomic mass is 19.4. The SMILES string of the molecule is C=CCCC1(C(=O)c2nc(-c3nnc([C@@](CC=C)(OCc4ccccc4)C(F)(F)F)o3)c(NC(=O)O)cc2C(F)(F)F)CCC1. The maximum absolute atomic E-state index is 14.7. The predicted octanol–water partition coefficient (Wildman–Crippen LogP) is 8.11. The van der Waals surface area contributed by atoms with Crippen LogP contribution >= 0.6 is 0 Å². The number of carboxylic acid groups (broad SMARTS) is 1. The highest BCUT2D eigenvalue weighted by Gasteiger charge is 2.61. The number of carbonyl (C=O) groups excluding carboxylic acids is 1. The Morgan fingerprint density at radius 3 is 2.29 bits per heavy atom. The summed E-state index contributed by atoms with van der Waals surface area (Å²) in [4.78, 5) is 29.0. The van der Waals surface area contributed by atoms with Crippen LogP contribution in [-0.4, -0.2) is 38.3 Å². The van der Waals surface area contributed by atoms with E-state index in [4.69, 9.17) is 9.15 Å². The van der Waals surface area contributed by atoms with Crippen molar-refractivity contribution < 1.29 is 50.2 Å². The number of ether oxygens (including phenoxy) is 1. The second kappa shape index (κ2) is 12.8. The maximum Gasteiger partial charge on any atom is 0.426 e. The van der Waals surface area contributed by atoms with E-state index in [1.807, 2.05) is 0 Å². The number of benzene rings is 1. The van der Waals surface area contributed by atoms with Crippen molar-refractivity contribution in [3.63, 3.8) is 0 Å². The molecule has 0 spiro atoms. The average Bonchev–Trinajstić information content (AvgIpc) is 3.44. The van der Waals surface area contributed by atoms with Crippen molar-refractivity contribution in [2.75, 3.05) is 5.32 Å². The first-order chi connectivity index (χ1) is 21.2. The van der Waals surface area contributed by atoms with Crippen molar-refractivity contribution in [1.29, 1.82) is 0 Å². The molecule has 3 aromatic rings. The van der Waals surface area contributed by atoms with Gasteiger partial charge in [-0.25, -0.2) is 9.78 Å². The molecule has 1 aliphatic rings. The van der Waals surface area contributed by atoms with Gasteiger partial charge in [0.15, 0.2) is 11.5 Å². The molecule has 4 rings (SSSR count). The molecule has 2 N–H and O–H groups in total. The standard InChI is InChI=1S/C30H28F6N4O5/c1-3-5-13-27(14-9-15-27)23(41)21-19(29(31,32)33)16-20(37-26(42)43)22(38-21)24-39-40-25(45-24)28(12-4-2,30(34,35)36)44-17-18-10-7-6-8-11-18/h3-4,6-8,10-11,16,37H,1-2,5,9,12-15,17H2,(H,42,43)/t28-/m1/s1. The number of hydrogen-bond donors (Lipinski definition) is 2. The van der Waals surface area contributed by atoms with E-state index in [2.05, 4.69) is 28.3 Å². The normalized spacial score (nSPS) is 15.9. The number of hydrogen-bond acceptors (Lipinski definition) is 7. The fourth-order valence-electron chi connectivity index (χ4n) is 5.09. The summed E-state index contributed by atoms with van der Waals surface area (Å²) in [7, 11) is 0. The number of aromatic nitrogens is 3. The van der Waals surface area contributed by atoms with Gasteiger partial charge in [-0.2, -0.15) is 26.3 Å². The molecule has 1 saturated carbocycles. The number of pyridine rings is 1. The highest BCUT2D eigenvalue weighted by molar-refractivity contribution is 6.02. The van der Waals surface area contributed by atoms with Crippen molar-refractivity contribution in [1.82, 2.24) is 15.2 Å². The lowest BCUT2D eigenvalue weighted by Crippen LogP contribution is -2.45. The summed E-state index contributed by atoms with van der Waals surface area (Å²) in [6.45, 7) is 6.40. The Kier molecular flexibility index (Phi) is 9.51. The summed E-state index contributed by atoms with van der Waals surface area (Å²) in [6, 6.07) is 8.20. The third kappa shape index (κ3) is 6.77. The topological polar surface area (TPSA) is 127 Å². The van der Waals surface area contributed by atoms with Crippen LogP contribution in [0.2, 0.25) is 0 Å². The zero-order chi connectivity index (χ0) is 33.0. The minimum atomic E-state index is -5.17. The fourth-order valence-corrected chi connectivity index (χ4v) is 5.09. The van der Waals surface area contributed by atoms with Crippen LogP contribution in [0.5, 0.6) is 0 Å². The molecule has 1 aliphatic carbocycles.